The van der Waals surface area contributed by atoms with E-state index in [4.69, 9.17) is 15.6 Å². The summed E-state index contributed by atoms with van der Waals surface area (Å²) in [5, 5.41) is 11.8. The number of esters is 1. The zero-order valence-corrected chi connectivity index (χ0v) is 19.1. The number of hydrogen-bond donors (Lipinski definition) is 2. The van der Waals surface area contributed by atoms with E-state index < -0.39 is 22.0 Å². The summed E-state index contributed by atoms with van der Waals surface area (Å²) in [7, 11) is -3.89. The molecule has 1 heterocycles. The van der Waals surface area contributed by atoms with Gasteiger partial charge >= 0.3 is 11.9 Å². The SMILES string of the molecule is CCOC(=O)[C@@H](N)CC(C)C.Cc1ccc(S(=O)(=O)N2C=CSC=C2C(=O)O)cc1. The van der Waals surface area contributed by atoms with Crippen molar-refractivity contribution in [2.75, 3.05) is 6.61 Å². The average molecular weight is 457 g/mol. The van der Waals surface area contributed by atoms with Crippen molar-refractivity contribution in [2.45, 2.75) is 45.1 Å². The zero-order chi connectivity index (χ0) is 22.9. The molecule has 0 unspecified atom stereocenters. The van der Waals surface area contributed by atoms with E-state index in [1.54, 1.807) is 19.1 Å². The van der Waals surface area contributed by atoms with Crippen molar-refractivity contribution in [3.8, 4) is 0 Å². The highest BCUT2D eigenvalue weighted by Gasteiger charge is 2.29. The Balaban J connectivity index is 0.000000352. The number of sulfonamides is 1. The molecule has 10 heteroatoms. The van der Waals surface area contributed by atoms with Crippen LogP contribution in [-0.2, 0) is 24.3 Å². The van der Waals surface area contributed by atoms with Gasteiger partial charge in [-0.25, -0.2) is 17.5 Å². The molecule has 166 valence electrons. The summed E-state index contributed by atoms with van der Waals surface area (Å²) in [5.74, 6) is -1.14. The molecule has 0 saturated carbocycles. The van der Waals surface area contributed by atoms with Crippen molar-refractivity contribution in [3.63, 3.8) is 0 Å². The smallest absolute Gasteiger partial charge is 0.354 e. The van der Waals surface area contributed by atoms with Crippen LogP contribution in [0.1, 0.15) is 32.8 Å². The quantitative estimate of drug-likeness (QED) is 0.599. The van der Waals surface area contributed by atoms with E-state index >= 15 is 0 Å². The van der Waals surface area contributed by atoms with Crippen molar-refractivity contribution in [2.24, 2.45) is 11.7 Å². The van der Waals surface area contributed by atoms with Crippen molar-refractivity contribution in [1.82, 2.24) is 4.31 Å². The predicted molar refractivity (Wildman–Crippen MR) is 117 cm³/mol. The molecule has 0 saturated heterocycles. The molecule has 1 aliphatic heterocycles. The van der Waals surface area contributed by atoms with E-state index in [-0.39, 0.29) is 16.6 Å². The Bertz CT molecular complexity index is 892. The molecule has 0 amide bonds. The normalized spacial score (nSPS) is 14.5. The van der Waals surface area contributed by atoms with E-state index in [2.05, 4.69) is 0 Å². The zero-order valence-electron chi connectivity index (χ0n) is 17.4. The summed E-state index contributed by atoms with van der Waals surface area (Å²) < 4.78 is 30.3. The lowest BCUT2D eigenvalue weighted by atomic mass is 10.1. The number of carboxylic acid groups (broad SMARTS) is 1. The first kappa shape index (κ1) is 25.7. The lowest BCUT2D eigenvalue weighted by Crippen LogP contribution is -2.33. The number of thioether (sulfide) groups is 1. The maximum atomic E-state index is 12.4. The second-order valence-electron chi connectivity index (χ2n) is 6.83. The largest absolute Gasteiger partial charge is 0.477 e. The highest BCUT2D eigenvalue weighted by Crippen LogP contribution is 2.27. The lowest BCUT2D eigenvalue weighted by Gasteiger charge is -2.22. The van der Waals surface area contributed by atoms with Gasteiger partial charge < -0.3 is 15.6 Å². The van der Waals surface area contributed by atoms with Gasteiger partial charge in [0.25, 0.3) is 10.0 Å². The Morgan fingerprint density at radius 3 is 2.33 bits per heavy atom. The van der Waals surface area contributed by atoms with Crippen LogP contribution in [0.3, 0.4) is 0 Å². The average Bonchev–Trinajstić information content (AvgIpc) is 2.68. The third-order valence-corrected chi connectivity index (χ3v) is 6.15. The molecule has 3 N–H and O–H groups in total. The molecule has 8 nitrogen and oxygen atoms in total. The summed E-state index contributed by atoms with van der Waals surface area (Å²) in [5.41, 5.74) is 6.17. The molecule has 0 radical (unpaired) electrons. The van der Waals surface area contributed by atoms with Crippen LogP contribution in [0, 0.1) is 12.8 Å². The third-order valence-electron chi connectivity index (χ3n) is 3.80. The van der Waals surface area contributed by atoms with Gasteiger partial charge in [-0.2, -0.15) is 0 Å². The summed E-state index contributed by atoms with van der Waals surface area (Å²) in [6, 6.07) is 5.80. The molecule has 1 aromatic rings. The Hall–Kier alpha value is -2.30. The molecule has 0 aliphatic carbocycles. The fraction of sp³-hybridized carbons (Fsp3) is 0.400. The number of carbonyl (C=O) groups is 2. The van der Waals surface area contributed by atoms with Crippen molar-refractivity contribution in [1.29, 1.82) is 0 Å². The van der Waals surface area contributed by atoms with Gasteiger partial charge in [-0.3, -0.25) is 4.79 Å². The first-order valence-corrected chi connectivity index (χ1v) is 11.7. The maximum absolute atomic E-state index is 12.4. The molecule has 0 bridgehead atoms. The Morgan fingerprint density at radius 2 is 1.83 bits per heavy atom. The number of nitrogens with two attached hydrogens (primary N) is 1. The van der Waals surface area contributed by atoms with Crippen LogP contribution in [0.4, 0.5) is 0 Å². The highest BCUT2D eigenvalue weighted by molar-refractivity contribution is 8.05. The first-order valence-electron chi connectivity index (χ1n) is 9.29. The predicted octanol–water partition coefficient (Wildman–Crippen LogP) is 3.05. The second kappa shape index (κ2) is 11.8. The van der Waals surface area contributed by atoms with Gasteiger partial charge in [0.15, 0.2) is 0 Å². The lowest BCUT2D eigenvalue weighted by molar-refractivity contribution is -0.145. The van der Waals surface area contributed by atoms with Crippen LogP contribution in [0.25, 0.3) is 0 Å². The van der Waals surface area contributed by atoms with Crippen LogP contribution in [0.2, 0.25) is 0 Å². The number of ether oxygens (including phenoxy) is 1. The second-order valence-corrected chi connectivity index (χ2v) is 9.43. The molecular weight excluding hydrogens is 428 g/mol. The van der Waals surface area contributed by atoms with Gasteiger partial charge in [-0.15, -0.1) is 11.8 Å². The molecule has 1 aliphatic rings. The van der Waals surface area contributed by atoms with Crippen LogP contribution < -0.4 is 5.73 Å². The summed E-state index contributed by atoms with van der Waals surface area (Å²) in [6.07, 6.45) is 1.93. The first-order chi connectivity index (χ1) is 14.0. The summed E-state index contributed by atoms with van der Waals surface area (Å²) in [6.45, 7) is 8.08. The summed E-state index contributed by atoms with van der Waals surface area (Å²) >= 11 is 1.12. The van der Waals surface area contributed by atoms with E-state index in [0.717, 1.165) is 21.6 Å². The Labute approximate surface area is 181 Å². The monoisotopic (exact) mass is 456 g/mol. The topological polar surface area (TPSA) is 127 Å². The molecule has 0 spiro atoms. The minimum absolute atomic E-state index is 0.0572. The van der Waals surface area contributed by atoms with Gasteiger partial charge in [0.1, 0.15) is 11.7 Å². The van der Waals surface area contributed by atoms with Crippen LogP contribution in [0.5, 0.6) is 0 Å². The summed E-state index contributed by atoms with van der Waals surface area (Å²) in [4.78, 5) is 22.1. The fourth-order valence-corrected chi connectivity index (χ4v) is 4.43. The van der Waals surface area contributed by atoms with Crippen molar-refractivity contribution < 1.29 is 27.9 Å². The maximum Gasteiger partial charge on any atom is 0.354 e. The van der Waals surface area contributed by atoms with Crippen LogP contribution >= 0.6 is 11.8 Å². The van der Waals surface area contributed by atoms with E-state index in [9.17, 15) is 18.0 Å². The number of carboxylic acids is 1. The molecule has 1 aromatic carbocycles. The number of benzene rings is 1. The standard InChI is InChI=1S/C12H11NO4S2.C8H17NO2/c1-9-2-4-10(5-3-9)19(16,17)13-6-7-18-8-11(13)12(14)15;1-4-11-8(10)7(9)5-6(2)3/h2-8H,1H3,(H,14,15);6-7H,4-5,9H2,1-3H3/t;7-/m.0/s1. The van der Waals surface area contributed by atoms with Gasteiger partial charge in [0, 0.05) is 11.6 Å². The van der Waals surface area contributed by atoms with E-state index in [1.165, 1.54) is 29.1 Å². The molecule has 0 aromatic heterocycles. The van der Waals surface area contributed by atoms with Crippen molar-refractivity contribution >= 4 is 33.7 Å². The Morgan fingerprint density at radius 1 is 1.23 bits per heavy atom. The van der Waals surface area contributed by atoms with Crippen molar-refractivity contribution in [3.05, 3.63) is 52.5 Å². The number of rotatable bonds is 7. The molecule has 1 atom stereocenters. The minimum Gasteiger partial charge on any atom is -0.477 e. The van der Waals surface area contributed by atoms with Crippen LogP contribution in [0.15, 0.2) is 51.9 Å². The molecule has 2 rings (SSSR count). The van der Waals surface area contributed by atoms with E-state index in [0.29, 0.717) is 18.9 Å². The van der Waals surface area contributed by atoms with Gasteiger partial charge in [0.05, 0.1) is 11.5 Å². The number of aryl methyl sites for hydroxylation is 1. The number of nitrogens with zero attached hydrogens (tertiary/aromatic N) is 1. The highest BCUT2D eigenvalue weighted by atomic mass is 32.2. The number of carbonyl (C=O) groups excluding carboxylic acids is 1. The minimum atomic E-state index is -3.89. The molecule has 30 heavy (non-hydrogen) atoms. The third kappa shape index (κ3) is 7.51. The molecular formula is C20H28N2O6S2. The fourth-order valence-electron chi connectivity index (χ4n) is 2.36. The van der Waals surface area contributed by atoms with Gasteiger partial charge in [-0.1, -0.05) is 31.5 Å². The van der Waals surface area contributed by atoms with Crippen LogP contribution in [-0.4, -0.2) is 42.4 Å². The molecule has 0 fully saturated rings. The number of aliphatic carboxylic acids is 1. The number of hydrogen-bond acceptors (Lipinski definition) is 7. The Kier molecular flexibility index (Phi) is 10.1. The van der Waals surface area contributed by atoms with Gasteiger partial charge in [0.2, 0.25) is 0 Å². The van der Waals surface area contributed by atoms with E-state index in [1.807, 2.05) is 20.8 Å². The van der Waals surface area contributed by atoms with Gasteiger partial charge in [-0.05, 0) is 43.7 Å².